The van der Waals surface area contributed by atoms with Crippen LogP contribution in [0, 0.1) is 0 Å². The summed E-state index contributed by atoms with van der Waals surface area (Å²) in [6.07, 6.45) is 10.9. The molecule has 3 atom stereocenters. The smallest absolute Gasteiger partial charge is 0.206 e. The summed E-state index contributed by atoms with van der Waals surface area (Å²) in [5.74, 6) is -0.204. The van der Waals surface area contributed by atoms with Crippen molar-refractivity contribution in [2.45, 2.75) is 88.6 Å². The molecule has 3 heteroatoms. The van der Waals surface area contributed by atoms with Crippen molar-refractivity contribution in [3.63, 3.8) is 0 Å². The van der Waals surface area contributed by atoms with E-state index in [4.69, 9.17) is 9.47 Å². The van der Waals surface area contributed by atoms with Gasteiger partial charge in [0.25, 0.3) is 0 Å². The van der Waals surface area contributed by atoms with Crippen LogP contribution in [0.15, 0.2) is 0 Å². The number of carbonyl (C=O) groups is 1. The van der Waals surface area contributed by atoms with Crippen LogP contribution in [0.5, 0.6) is 0 Å². The third kappa shape index (κ3) is 1.83. The third-order valence-electron chi connectivity index (χ3n) is 4.83. The fourth-order valence-electron chi connectivity index (χ4n) is 3.70. The van der Waals surface area contributed by atoms with Crippen molar-refractivity contribution in [1.82, 2.24) is 0 Å². The average Bonchev–Trinajstić information content (AvgIpc) is 2.77. The summed E-state index contributed by atoms with van der Waals surface area (Å²) in [5.41, 5.74) is -0.523. The maximum Gasteiger partial charge on any atom is 0.206 e. The summed E-state index contributed by atoms with van der Waals surface area (Å²) in [5, 5.41) is 0. The predicted octanol–water partition coefficient (Wildman–Crippen LogP) is 3.35. The van der Waals surface area contributed by atoms with Crippen LogP contribution in [0.4, 0.5) is 0 Å². The predicted molar refractivity (Wildman–Crippen MR) is 68.3 cm³/mol. The van der Waals surface area contributed by atoms with Gasteiger partial charge in [-0.05, 0) is 32.1 Å². The van der Waals surface area contributed by atoms with Crippen molar-refractivity contribution < 1.29 is 14.3 Å². The molecular formula is C15H24O3. The zero-order chi connectivity index (χ0) is 12.6. The van der Waals surface area contributed by atoms with E-state index in [1.54, 1.807) is 0 Å². The van der Waals surface area contributed by atoms with Gasteiger partial charge in [-0.1, -0.05) is 26.2 Å². The highest BCUT2D eigenvalue weighted by Crippen LogP contribution is 2.61. The highest BCUT2D eigenvalue weighted by Gasteiger charge is 2.77. The Morgan fingerprint density at radius 1 is 1.28 bits per heavy atom. The molecule has 3 nitrogen and oxygen atoms in total. The second kappa shape index (κ2) is 4.61. The number of rotatable bonds is 4. The van der Waals surface area contributed by atoms with Crippen LogP contribution >= 0.6 is 0 Å². The lowest BCUT2D eigenvalue weighted by molar-refractivity contribution is -0.126. The maximum atomic E-state index is 12.1. The van der Waals surface area contributed by atoms with Crippen LogP contribution in [-0.4, -0.2) is 23.3 Å². The Kier molecular flexibility index (Phi) is 3.23. The van der Waals surface area contributed by atoms with Gasteiger partial charge in [-0.15, -0.1) is 0 Å². The quantitative estimate of drug-likeness (QED) is 0.569. The molecule has 2 saturated heterocycles. The Hall–Kier alpha value is -0.410. The molecule has 2 heterocycles. The van der Waals surface area contributed by atoms with Crippen molar-refractivity contribution in [3.8, 4) is 0 Å². The minimum absolute atomic E-state index is 0.294. The molecule has 1 saturated carbocycles. The number of hydrogen-bond donors (Lipinski definition) is 0. The number of carbonyl (C=O) groups excluding carboxylic acids is 1. The van der Waals surface area contributed by atoms with Crippen molar-refractivity contribution in [2.75, 3.05) is 0 Å². The van der Waals surface area contributed by atoms with Crippen molar-refractivity contribution in [1.29, 1.82) is 0 Å². The van der Waals surface area contributed by atoms with Gasteiger partial charge in [0.2, 0.25) is 5.79 Å². The molecule has 0 aromatic heterocycles. The van der Waals surface area contributed by atoms with Crippen LogP contribution < -0.4 is 0 Å². The summed E-state index contributed by atoms with van der Waals surface area (Å²) >= 11 is 0. The number of Topliss-reactive ketones (excluding diaryl/α,β-unsaturated/α-hetero) is 1. The molecule has 0 N–H and O–H groups in total. The Morgan fingerprint density at radius 2 is 2.17 bits per heavy atom. The van der Waals surface area contributed by atoms with E-state index in [9.17, 15) is 4.79 Å². The molecule has 0 aromatic rings. The lowest BCUT2D eigenvalue weighted by Gasteiger charge is -2.20. The molecule has 3 unspecified atom stereocenters. The van der Waals surface area contributed by atoms with E-state index in [0.717, 1.165) is 38.5 Å². The van der Waals surface area contributed by atoms with Gasteiger partial charge < -0.3 is 9.47 Å². The maximum absolute atomic E-state index is 12.1. The van der Waals surface area contributed by atoms with Crippen LogP contribution in [0.1, 0.15) is 71.1 Å². The molecule has 3 fully saturated rings. The van der Waals surface area contributed by atoms with Gasteiger partial charge in [-0.3, -0.25) is 4.79 Å². The first-order valence-electron chi connectivity index (χ1n) is 7.64. The number of epoxide rings is 1. The molecule has 2 aliphatic heterocycles. The molecule has 0 amide bonds. The van der Waals surface area contributed by atoms with Gasteiger partial charge in [-0.25, -0.2) is 0 Å². The molecule has 3 aliphatic rings. The van der Waals surface area contributed by atoms with Crippen molar-refractivity contribution in [3.05, 3.63) is 0 Å². The van der Waals surface area contributed by atoms with E-state index in [2.05, 4.69) is 6.92 Å². The first-order chi connectivity index (χ1) is 8.72. The number of unbranched alkanes of at least 4 members (excludes halogenated alkanes) is 2. The van der Waals surface area contributed by atoms with Gasteiger partial charge in [0.1, 0.15) is 0 Å². The van der Waals surface area contributed by atoms with E-state index >= 15 is 0 Å². The van der Waals surface area contributed by atoms with Crippen molar-refractivity contribution >= 4 is 5.78 Å². The lowest BCUT2D eigenvalue weighted by atomic mass is 9.83. The fraction of sp³-hybridized carbons (Fsp3) is 0.933. The molecule has 18 heavy (non-hydrogen) atoms. The molecular weight excluding hydrogens is 228 g/mol. The van der Waals surface area contributed by atoms with Gasteiger partial charge in [0, 0.05) is 12.8 Å². The SMILES string of the molecule is CCCCCC1CCC2(O1)OC21CCCCC1=O. The molecule has 3 rings (SSSR count). The van der Waals surface area contributed by atoms with E-state index in [0.29, 0.717) is 18.3 Å². The summed E-state index contributed by atoms with van der Waals surface area (Å²) in [6, 6.07) is 0. The topological polar surface area (TPSA) is 38.8 Å². The van der Waals surface area contributed by atoms with Crippen LogP contribution in [0.2, 0.25) is 0 Å². The number of ketones is 1. The molecule has 102 valence electrons. The van der Waals surface area contributed by atoms with Gasteiger partial charge in [0.05, 0.1) is 6.10 Å². The summed E-state index contributed by atoms with van der Waals surface area (Å²) in [7, 11) is 0. The second-order valence-electron chi connectivity index (χ2n) is 6.09. The zero-order valence-corrected chi connectivity index (χ0v) is 11.4. The Balaban J connectivity index is 1.57. The van der Waals surface area contributed by atoms with E-state index in [-0.39, 0.29) is 0 Å². The standard InChI is InChI=1S/C15H24O3/c1-2-3-4-7-12-9-11-15(17-12)14(18-15)10-6-5-8-13(14)16/h12H,2-11H2,1H3. The van der Waals surface area contributed by atoms with Crippen LogP contribution in [0.3, 0.4) is 0 Å². The largest absolute Gasteiger partial charge is 0.343 e. The minimum Gasteiger partial charge on any atom is -0.343 e. The van der Waals surface area contributed by atoms with Gasteiger partial charge in [-0.2, -0.15) is 0 Å². The molecule has 0 radical (unpaired) electrons. The molecule has 2 spiro atoms. The van der Waals surface area contributed by atoms with E-state index in [1.807, 2.05) is 0 Å². The fourth-order valence-corrected chi connectivity index (χ4v) is 3.70. The minimum atomic E-state index is -0.523. The number of hydrogen-bond acceptors (Lipinski definition) is 3. The zero-order valence-electron chi connectivity index (χ0n) is 11.4. The normalized spacial score (nSPS) is 42.9. The lowest BCUT2D eigenvalue weighted by Crippen LogP contribution is -2.37. The van der Waals surface area contributed by atoms with Gasteiger partial charge in [0.15, 0.2) is 11.4 Å². The van der Waals surface area contributed by atoms with E-state index < -0.39 is 11.4 Å². The third-order valence-corrected chi connectivity index (χ3v) is 4.83. The molecule has 0 aromatic carbocycles. The Morgan fingerprint density at radius 3 is 2.94 bits per heavy atom. The summed E-state index contributed by atoms with van der Waals surface area (Å²) in [6.45, 7) is 2.22. The van der Waals surface area contributed by atoms with Crippen molar-refractivity contribution in [2.24, 2.45) is 0 Å². The highest BCUT2D eigenvalue weighted by molar-refractivity contribution is 5.92. The summed E-state index contributed by atoms with van der Waals surface area (Å²) in [4.78, 5) is 12.1. The monoisotopic (exact) mass is 252 g/mol. The number of ether oxygens (including phenoxy) is 2. The van der Waals surface area contributed by atoms with Crippen LogP contribution in [-0.2, 0) is 14.3 Å². The summed E-state index contributed by atoms with van der Waals surface area (Å²) < 4.78 is 12.0. The Bertz CT molecular complexity index is 341. The number of fused-ring (bicyclic) bond motifs is 1. The van der Waals surface area contributed by atoms with E-state index in [1.165, 1.54) is 19.3 Å². The average molecular weight is 252 g/mol. The molecule has 1 aliphatic carbocycles. The Labute approximate surface area is 109 Å². The molecule has 0 bridgehead atoms. The second-order valence-corrected chi connectivity index (χ2v) is 6.09. The first kappa shape index (κ1) is 12.6. The van der Waals surface area contributed by atoms with Gasteiger partial charge >= 0.3 is 0 Å². The van der Waals surface area contributed by atoms with Crippen LogP contribution in [0.25, 0.3) is 0 Å². The highest BCUT2D eigenvalue weighted by atomic mass is 16.8. The first-order valence-corrected chi connectivity index (χ1v) is 7.64.